The molecule has 1 aliphatic rings. The number of hydrogen-bond acceptors (Lipinski definition) is 4. The molecule has 2 aromatic carbocycles. The highest BCUT2D eigenvalue weighted by Gasteiger charge is 2.17. The van der Waals surface area contributed by atoms with Gasteiger partial charge >= 0.3 is 0 Å². The van der Waals surface area contributed by atoms with Crippen LogP contribution in [0.3, 0.4) is 0 Å². The van der Waals surface area contributed by atoms with E-state index in [0.29, 0.717) is 6.79 Å². The second-order valence-corrected chi connectivity index (χ2v) is 6.61. The number of fused-ring (bicyclic) bond motifs is 1. The predicted molar refractivity (Wildman–Crippen MR) is 89.2 cm³/mol. The van der Waals surface area contributed by atoms with Gasteiger partial charge in [-0.15, -0.1) is 11.8 Å². The normalized spacial score (nSPS) is 14.2. The molecular weight excluding hydrogens is 350 g/mol. The molecule has 0 bridgehead atoms. The molecule has 110 valence electrons. The van der Waals surface area contributed by atoms with Crippen molar-refractivity contribution in [3.8, 4) is 11.5 Å². The summed E-state index contributed by atoms with van der Waals surface area (Å²) in [5.41, 5.74) is 1.21. The topological polar surface area (TPSA) is 30.5 Å². The van der Waals surface area contributed by atoms with E-state index in [2.05, 4.69) is 51.6 Å². The molecule has 0 aromatic heterocycles. The Morgan fingerprint density at radius 1 is 1.19 bits per heavy atom. The molecule has 1 N–H and O–H groups in total. The Morgan fingerprint density at radius 2 is 2.00 bits per heavy atom. The first-order valence-corrected chi connectivity index (χ1v) is 8.50. The quantitative estimate of drug-likeness (QED) is 0.803. The molecule has 0 saturated heterocycles. The van der Waals surface area contributed by atoms with Crippen molar-refractivity contribution in [3.63, 3.8) is 0 Å². The molecule has 0 amide bonds. The summed E-state index contributed by atoms with van der Waals surface area (Å²) in [5.74, 6) is 2.60. The Balaban J connectivity index is 1.72. The lowest BCUT2D eigenvalue weighted by Gasteiger charge is -2.17. The number of rotatable bonds is 5. The number of halogens is 1. The van der Waals surface area contributed by atoms with Crippen molar-refractivity contribution >= 4 is 27.7 Å². The lowest BCUT2D eigenvalue weighted by molar-refractivity contribution is 0.174. The molecule has 3 nitrogen and oxygen atoms in total. The van der Waals surface area contributed by atoms with Gasteiger partial charge in [-0.1, -0.05) is 18.2 Å². The predicted octanol–water partition coefficient (Wildman–Crippen LogP) is 4.23. The number of nitrogens with one attached hydrogen (secondary N) is 1. The fourth-order valence-electron chi connectivity index (χ4n) is 2.21. The maximum atomic E-state index is 5.45. The van der Waals surface area contributed by atoms with Crippen LogP contribution in [0.15, 0.2) is 51.8 Å². The summed E-state index contributed by atoms with van der Waals surface area (Å²) in [6, 6.07) is 14.7. The van der Waals surface area contributed by atoms with Gasteiger partial charge in [0.1, 0.15) is 0 Å². The van der Waals surface area contributed by atoms with E-state index in [1.807, 2.05) is 30.9 Å². The van der Waals surface area contributed by atoms with Crippen molar-refractivity contribution < 1.29 is 9.47 Å². The van der Waals surface area contributed by atoms with E-state index in [-0.39, 0.29) is 6.04 Å². The van der Waals surface area contributed by atoms with Gasteiger partial charge in [0.2, 0.25) is 6.79 Å². The summed E-state index contributed by atoms with van der Waals surface area (Å²) in [5, 5.41) is 3.37. The van der Waals surface area contributed by atoms with Crippen molar-refractivity contribution in [1.29, 1.82) is 0 Å². The highest BCUT2D eigenvalue weighted by Crippen LogP contribution is 2.36. The number of thioether (sulfide) groups is 1. The summed E-state index contributed by atoms with van der Waals surface area (Å²) >= 11 is 5.41. The van der Waals surface area contributed by atoms with Gasteiger partial charge < -0.3 is 14.8 Å². The number of hydrogen-bond donors (Lipinski definition) is 1. The molecule has 1 unspecified atom stereocenters. The SMILES string of the molecule is CNC(CSc1ccccc1Br)c1ccc2c(c1)OCO2. The van der Waals surface area contributed by atoms with Crippen molar-refractivity contribution in [2.75, 3.05) is 19.6 Å². The molecule has 0 fully saturated rings. The monoisotopic (exact) mass is 365 g/mol. The highest BCUT2D eigenvalue weighted by atomic mass is 79.9. The van der Waals surface area contributed by atoms with Crippen molar-refractivity contribution in [2.45, 2.75) is 10.9 Å². The van der Waals surface area contributed by atoms with E-state index in [0.717, 1.165) is 21.7 Å². The summed E-state index contributed by atoms with van der Waals surface area (Å²) < 4.78 is 11.9. The average Bonchev–Trinajstić information content (AvgIpc) is 2.97. The van der Waals surface area contributed by atoms with Crippen LogP contribution in [0, 0.1) is 0 Å². The van der Waals surface area contributed by atoms with Crippen molar-refractivity contribution in [3.05, 3.63) is 52.5 Å². The lowest BCUT2D eigenvalue weighted by atomic mass is 10.1. The summed E-state index contributed by atoms with van der Waals surface area (Å²) in [6.07, 6.45) is 0. The van der Waals surface area contributed by atoms with E-state index < -0.39 is 0 Å². The molecule has 0 radical (unpaired) electrons. The lowest BCUT2D eigenvalue weighted by Crippen LogP contribution is -2.18. The number of benzene rings is 2. The van der Waals surface area contributed by atoms with Gasteiger partial charge in [0, 0.05) is 21.2 Å². The van der Waals surface area contributed by atoms with Crippen LogP contribution in [0.5, 0.6) is 11.5 Å². The zero-order valence-electron chi connectivity index (χ0n) is 11.6. The molecule has 21 heavy (non-hydrogen) atoms. The molecule has 0 saturated carbocycles. The highest BCUT2D eigenvalue weighted by molar-refractivity contribution is 9.10. The molecule has 0 spiro atoms. The first kappa shape index (κ1) is 14.8. The van der Waals surface area contributed by atoms with Crippen LogP contribution >= 0.6 is 27.7 Å². The van der Waals surface area contributed by atoms with Gasteiger partial charge in [0.25, 0.3) is 0 Å². The zero-order valence-corrected chi connectivity index (χ0v) is 14.0. The van der Waals surface area contributed by atoms with Crippen LogP contribution in [0.1, 0.15) is 11.6 Å². The van der Waals surface area contributed by atoms with Gasteiger partial charge in [-0.05, 0) is 52.8 Å². The summed E-state index contributed by atoms with van der Waals surface area (Å²) in [6.45, 7) is 0.314. The summed E-state index contributed by atoms with van der Waals surface area (Å²) in [4.78, 5) is 1.25. The van der Waals surface area contributed by atoms with Gasteiger partial charge in [-0.25, -0.2) is 0 Å². The third kappa shape index (κ3) is 3.36. The molecule has 1 atom stereocenters. The summed E-state index contributed by atoms with van der Waals surface area (Å²) in [7, 11) is 1.98. The number of ether oxygens (including phenoxy) is 2. The van der Waals surface area contributed by atoms with Crippen LogP contribution in [0.2, 0.25) is 0 Å². The third-order valence-electron chi connectivity index (χ3n) is 3.39. The molecule has 5 heteroatoms. The third-order valence-corrected chi connectivity index (χ3v) is 5.51. The fourth-order valence-corrected chi connectivity index (χ4v) is 3.93. The standard InChI is InChI=1S/C16H16BrNO2S/c1-18-13(9-21-16-5-3-2-4-12(16)17)11-6-7-14-15(8-11)20-10-19-14/h2-8,13,18H,9-10H2,1H3. The van der Waals surface area contributed by atoms with Crippen LogP contribution in [-0.2, 0) is 0 Å². The van der Waals surface area contributed by atoms with Crippen LogP contribution in [0.25, 0.3) is 0 Å². The van der Waals surface area contributed by atoms with E-state index in [9.17, 15) is 0 Å². The first-order chi connectivity index (χ1) is 10.3. The minimum atomic E-state index is 0.261. The second-order valence-electron chi connectivity index (χ2n) is 4.70. The van der Waals surface area contributed by atoms with E-state index in [4.69, 9.17) is 9.47 Å². The maximum Gasteiger partial charge on any atom is 0.231 e. The molecule has 0 aliphatic carbocycles. The fraction of sp³-hybridized carbons (Fsp3) is 0.250. The van der Waals surface area contributed by atoms with Gasteiger partial charge in [0.05, 0.1) is 0 Å². The largest absolute Gasteiger partial charge is 0.454 e. The Bertz CT molecular complexity index is 635. The Labute approximate surface area is 137 Å². The minimum absolute atomic E-state index is 0.261. The van der Waals surface area contributed by atoms with Crippen molar-refractivity contribution in [2.24, 2.45) is 0 Å². The van der Waals surface area contributed by atoms with Crippen LogP contribution in [-0.4, -0.2) is 19.6 Å². The van der Waals surface area contributed by atoms with Gasteiger partial charge in [-0.3, -0.25) is 0 Å². The van der Waals surface area contributed by atoms with Gasteiger partial charge in [0.15, 0.2) is 11.5 Å². The molecular formula is C16H16BrNO2S. The van der Waals surface area contributed by atoms with E-state index in [1.165, 1.54) is 10.5 Å². The maximum absolute atomic E-state index is 5.45. The Morgan fingerprint density at radius 3 is 2.81 bits per heavy atom. The van der Waals surface area contributed by atoms with E-state index >= 15 is 0 Å². The molecule has 1 aliphatic heterocycles. The average molecular weight is 366 g/mol. The zero-order chi connectivity index (χ0) is 14.7. The van der Waals surface area contributed by atoms with Crippen LogP contribution < -0.4 is 14.8 Å². The molecule has 2 aromatic rings. The van der Waals surface area contributed by atoms with Crippen LogP contribution in [0.4, 0.5) is 0 Å². The van der Waals surface area contributed by atoms with Gasteiger partial charge in [-0.2, -0.15) is 0 Å². The Kier molecular flexibility index (Phi) is 4.73. The smallest absolute Gasteiger partial charge is 0.231 e. The molecule has 3 rings (SSSR count). The molecule has 1 heterocycles. The Hall–Kier alpha value is -1.17. The first-order valence-electron chi connectivity index (χ1n) is 6.72. The second kappa shape index (κ2) is 6.73. The van der Waals surface area contributed by atoms with Crippen molar-refractivity contribution in [1.82, 2.24) is 5.32 Å². The minimum Gasteiger partial charge on any atom is -0.454 e. The van der Waals surface area contributed by atoms with E-state index in [1.54, 1.807) is 0 Å².